The summed E-state index contributed by atoms with van der Waals surface area (Å²) < 4.78 is 5.73. The minimum absolute atomic E-state index is 0.0280. The lowest BCUT2D eigenvalue weighted by Crippen LogP contribution is -2.40. The Kier molecular flexibility index (Phi) is 5.63. The molecule has 0 spiro atoms. The van der Waals surface area contributed by atoms with Crippen molar-refractivity contribution in [2.75, 3.05) is 11.9 Å². The summed E-state index contributed by atoms with van der Waals surface area (Å²) in [5, 5.41) is 2.99. The summed E-state index contributed by atoms with van der Waals surface area (Å²) in [7, 11) is 0. The third kappa shape index (κ3) is 4.55. The smallest absolute Gasteiger partial charge is 0.230 e. The third-order valence-corrected chi connectivity index (χ3v) is 4.33. The average Bonchev–Trinajstić information content (AvgIpc) is 3.12. The first-order chi connectivity index (χ1) is 12.1. The van der Waals surface area contributed by atoms with Crippen LogP contribution in [0.1, 0.15) is 19.4 Å². The Morgan fingerprint density at radius 1 is 1.32 bits per heavy atom. The fraction of sp³-hybridized carbons (Fsp3) is 0.368. The fourth-order valence-corrected chi connectivity index (χ4v) is 2.92. The average molecular weight is 340 g/mol. The molecule has 1 fully saturated rings. The summed E-state index contributed by atoms with van der Waals surface area (Å²) in [6.07, 6.45) is 3.52. The van der Waals surface area contributed by atoms with Gasteiger partial charge >= 0.3 is 0 Å². The number of nitrogens with one attached hydrogen (secondary N) is 3. The molecule has 0 radical (unpaired) electrons. The summed E-state index contributed by atoms with van der Waals surface area (Å²) in [5.74, 6) is 1.09. The van der Waals surface area contributed by atoms with Crippen LogP contribution in [0.25, 0.3) is 0 Å². The van der Waals surface area contributed by atoms with Crippen molar-refractivity contribution in [1.29, 1.82) is 0 Å². The van der Waals surface area contributed by atoms with Crippen LogP contribution in [0.2, 0.25) is 0 Å². The Morgan fingerprint density at radius 2 is 2.12 bits per heavy atom. The molecule has 0 bridgehead atoms. The topological polar surface area (TPSA) is 75.3 Å². The monoisotopic (exact) mass is 340 g/mol. The Morgan fingerprint density at radius 3 is 2.80 bits per heavy atom. The zero-order valence-electron chi connectivity index (χ0n) is 14.5. The van der Waals surface area contributed by atoms with Gasteiger partial charge in [0.25, 0.3) is 0 Å². The number of benzene rings is 1. The second-order valence-corrected chi connectivity index (χ2v) is 6.57. The van der Waals surface area contributed by atoms with Gasteiger partial charge in [0, 0.05) is 36.2 Å². The largest absolute Gasteiger partial charge is 0.489 e. The van der Waals surface area contributed by atoms with Crippen molar-refractivity contribution < 1.29 is 9.53 Å². The second kappa shape index (κ2) is 8.09. The number of carbonyl (C=O) groups is 1. The minimum Gasteiger partial charge on any atom is -0.489 e. The number of rotatable bonds is 6. The van der Waals surface area contributed by atoms with Crippen LogP contribution in [0.4, 0.5) is 5.69 Å². The van der Waals surface area contributed by atoms with E-state index in [1.807, 2.05) is 36.4 Å². The number of hydrogen-bond acceptors (Lipinski definition) is 5. The summed E-state index contributed by atoms with van der Waals surface area (Å²) in [4.78, 5) is 16.6. The van der Waals surface area contributed by atoms with Crippen LogP contribution in [0.3, 0.4) is 0 Å². The standard InChI is InChI=1S/C19H24N4O2/c1-13(2)18-17(11-21-23-18)19(24)22-15-5-7-16(8-6-15)25-12-14-4-3-9-20-10-14/h3-10,13,17-18,21,23H,11-12H2,1-2H3,(H,22,24). The van der Waals surface area contributed by atoms with Crippen LogP contribution in [-0.2, 0) is 11.4 Å². The van der Waals surface area contributed by atoms with E-state index in [1.54, 1.807) is 12.4 Å². The van der Waals surface area contributed by atoms with E-state index in [-0.39, 0.29) is 17.9 Å². The Bertz CT molecular complexity index is 688. The molecule has 1 aromatic heterocycles. The maximum atomic E-state index is 12.5. The Balaban J connectivity index is 1.54. The maximum Gasteiger partial charge on any atom is 0.230 e. The van der Waals surface area contributed by atoms with Crippen LogP contribution in [0.5, 0.6) is 5.75 Å². The molecule has 1 amide bonds. The van der Waals surface area contributed by atoms with Gasteiger partial charge in [0.15, 0.2) is 0 Å². The highest BCUT2D eigenvalue weighted by atomic mass is 16.5. The zero-order chi connectivity index (χ0) is 17.6. The van der Waals surface area contributed by atoms with Gasteiger partial charge in [-0.3, -0.25) is 20.6 Å². The third-order valence-electron chi connectivity index (χ3n) is 4.33. The molecule has 2 heterocycles. The molecule has 1 aliphatic rings. The van der Waals surface area contributed by atoms with Crippen molar-refractivity contribution in [2.45, 2.75) is 26.5 Å². The lowest BCUT2D eigenvalue weighted by atomic mass is 9.91. The summed E-state index contributed by atoms with van der Waals surface area (Å²) >= 11 is 0. The van der Waals surface area contributed by atoms with E-state index in [0.717, 1.165) is 17.0 Å². The van der Waals surface area contributed by atoms with Crippen LogP contribution in [-0.4, -0.2) is 23.5 Å². The van der Waals surface area contributed by atoms with Crippen molar-refractivity contribution in [2.24, 2.45) is 11.8 Å². The lowest BCUT2D eigenvalue weighted by Gasteiger charge is -2.21. The van der Waals surface area contributed by atoms with E-state index in [1.165, 1.54) is 0 Å². The van der Waals surface area contributed by atoms with E-state index in [0.29, 0.717) is 19.1 Å². The van der Waals surface area contributed by atoms with Crippen LogP contribution < -0.4 is 20.9 Å². The molecule has 6 nitrogen and oxygen atoms in total. The molecule has 3 rings (SSSR count). The molecular weight excluding hydrogens is 316 g/mol. The molecule has 132 valence electrons. The van der Waals surface area contributed by atoms with Crippen molar-refractivity contribution in [1.82, 2.24) is 15.8 Å². The van der Waals surface area contributed by atoms with Crippen LogP contribution in [0.15, 0.2) is 48.8 Å². The highest BCUT2D eigenvalue weighted by Crippen LogP contribution is 2.20. The molecule has 1 aromatic carbocycles. The number of carbonyl (C=O) groups excluding carboxylic acids is 1. The number of nitrogens with zero attached hydrogens (tertiary/aromatic N) is 1. The van der Waals surface area contributed by atoms with E-state index < -0.39 is 0 Å². The molecule has 2 atom stereocenters. The Labute approximate surface area is 148 Å². The van der Waals surface area contributed by atoms with E-state index in [9.17, 15) is 4.79 Å². The molecule has 0 aliphatic carbocycles. The first-order valence-electron chi connectivity index (χ1n) is 8.54. The van der Waals surface area contributed by atoms with Gasteiger partial charge in [0.2, 0.25) is 5.91 Å². The van der Waals surface area contributed by atoms with Crippen molar-refractivity contribution >= 4 is 11.6 Å². The normalized spacial score (nSPS) is 19.8. The number of ether oxygens (including phenoxy) is 1. The van der Waals surface area contributed by atoms with Crippen molar-refractivity contribution in [3.8, 4) is 5.75 Å². The molecule has 2 unspecified atom stereocenters. The summed E-state index contributed by atoms with van der Waals surface area (Å²) in [6, 6.07) is 11.4. The number of amides is 1. The van der Waals surface area contributed by atoms with Crippen LogP contribution in [0, 0.1) is 11.8 Å². The highest BCUT2D eigenvalue weighted by molar-refractivity contribution is 5.93. The van der Waals surface area contributed by atoms with E-state index >= 15 is 0 Å². The van der Waals surface area contributed by atoms with Gasteiger partial charge in [-0.2, -0.15) is 0 Å². The number of anilines is 1. The number of aromatic nitrogens is 1. The quantitative estimate of drug-likeness (QED) is 0.753. The number of hydrogen-bond donors (Lipinski definition) is 3. The highest BCUT2D eigenvalue weighted by Gasteiger charge is 2.34. The van der Waals surface area contributed by atoms with E-state index in [2.05, 4.69) is 35.0 Å². The molecule has 25 heavy (non-hydrogen) atoms. The fourth-order valence-electron chi connectivity index (χ4n) is 2.92. The molecule has 6 heteroatoms. The van der Waals surface area contributed by atoms with Gasteiger partial charge in [-0.05, 0) is 36.2 Å². The number of hydrazine groups is 1. The van der Waals surface area contributed by atoms with Gasteiger partial charge in [0.1, 0.15) is 12.4 Å². The van der Waals surface area contributed by atoms with Gasteiger partial charge in [0.05, 0.1) is 5.92 Å². The minimum atomic E-state index is -0.0819. The Hall–Kier alpha value is -2.44. The predicted octanol–water partition coefficient (Wildman–Crippen LogP) is 2.35. The SMILES string of the molecule is CC(C)C1NNCC1C(=O)Nc1ccc(OCc2cccnc2)cc1. The first kappa shape index (κ1) is 17.4. The number of pyridine rings is 1. The molecule has 2 aromatic rings. The molecule has 0 saturated carbocycles. The molecule has 1 aliphatic heterocycles. The van der Waals surface area contributed by atoms with E-state index in [4.69, 9.17) is 4.74 Å². The summed E-state index contributed by atoms with van der Waals surface area (Å²) in [6.45, 7) is 5.33. The van der Waals surface area contributed by atoms with Gasteiger partial charge in [-0.1, -0.05) is 19.9 Å². The van der Waals surface area contributed by atoms with Crippen LogP contribution >= 0.6 is 0 Å². The molecule has 1 saturated heterocycles. The zero-order valence-corrected chi connectivity index (χ0v) is 14.5. The van der Waals surface area contributed by atoms with Crippen molar-refractivity contribution in [3.63, 3.8) is 0 Å². The van der Waals surface area contributed by atoms with Gasteiger partial charge < -0.3 is 10.1 Å². The lowest BCUT2D eigenvalue weighted by molar-refractivity contribution is -0.120. The first-order valence-corrected chi connectivity index (χ1v) is 8.54. The molecule has 3 N–H and O–H groups in total. The molecular formula is C19H24N4O2. The van der Waals surface area contributed by atoms with Gasteiger partial charge in [-0.15, -0.1) is 0 Å². The maximum absolute atomic E-state index is 12.5. The van der Waals surface area contributed by atoms with Crippen molar-refractivity contribution in [3.05, 3.63) is 54.4 Å². The van der Waals surface area contributed by atoms with Gasteiger partial charge in [-0.25, -0.2) is 0 Å². The predicted molar refractivity (Wildman–Crippen MR) is 96.9 cm³/mol. The summed E-state index contributed by atoms with van der Waals surface area (Å²) in [5.41, 5.74) is 8.04. The second-order valence-electron chi connectivity index (χ2n) is 6.57.